The molecule has 1 unspecified atom stereocenters. The lowest BCUT2D eigenvalue weighted by Gasteiger charge is -2.36. The van der Waals surface area contributed by atoms with Crippen molar-refractivity contribution < 1.29 is 13.6 Å². The molecule has 0 amide bonds. The van der Waals surface area contributed by atoms with Gasteiger partial charge in [0.05, 0.1) is 5.71 Å². The molecule has 0 aliphatic carbocycles. The van der Waals surface area contributed by atoms with Crippen molar-refractivity contribution in [3.05, 3.63) is 35.9 Å². The third-order valence-electron chi connectivity index (χ3n) is 4.05. The first kappa shape index (κ1) is 13.7. The van der Waals surface area contributed by atoms with Gasteiger partial charge in [0.2, 0.25) is 0 Å². The lowest BCUT2D eigenvalue weighted by molar-refractivity contribution is -0.0512. The van der Waals surface area contributed by atoms with Crippen molar-refractivity contribution in [3.63, 3.8) is 0 Å². The van der Waals surface area contributed by atoms with Gasteiger partial charge in [0.25, 0.3) is 0 Å². The summed E-state index contributed by atoms with van der Waals surface area (Å²) < 4.78 is 24.6. The summed E-state index contributed by atoms with van der Waals surface area (Å²) in [6.45, 7) is 1.02. The van der Waals surface area contributed by atoms with E-state index in [0.29, 0.717) is 25.9 Å². The van der Waals surface area contributed by atoms with Crippen molar-refractivity contribution in [1.29, 1.82) is 0 Å². The quantitative estimate of drug-likeness (QED) is 0.782. The first-order chi connectivity index (χ1) is 9.49. The Labute approximate surface area is 120 Å². The normalized spacial score (nSPS) is 25.0. The van der Waals surface area contributed by atoms with Gasteiger partial charge >= 0.3 is 0 Å². The largest absolute Gasteiger partial charge is 0.598 e. The van der Waals surface area contributed by atoms with E-state index in [9.17, 15) is 8.76 Å². The lowest BCUT2D eigenvalue weighted by Crippen LogP contribution is -2.48. The van der Waals surface area contributed by atoms with E-state index < -0.39 is 10.4 Å². The Morgan fingerprint density at radius 1 is 1.30 bits per heavy atom. The van der Waals surface area contributed by atoms with E-state index in [4.69, 9.17) is 4.84 Å². The highest BCUT2D eigenvalue weighted by Gasteiger charge is 2.44. The second-order valence-electron chi connectivity index (χ2n) is 5.52. The van der Waals surface area contributed by atoms with E-state index >= 15 is 0 Å². The van der Waals surface area contributed by atoms with Crippen molar-refractivity contribution in [1.82, 2.24) is 4.31 Å². The number of hydrogen-bond donors (Lipinski definition) is 0. The van der Waals surface area contributed by atoms with Crippen molar-refractivity contribution in [2.75, 3.05) is 19.3 Å². The van der Waals surface area contributed by atoms with Crippen LogP contribution in [0.1, 0.15) is 24.8 Å². The predicted molar refractivity (Wildman–Crippen MR) is 77.0 cm³/mol. The molecule has 2 aliphatic rings. The molecule has 2 aliphatic heterocycles. The molecule has 0 N–H and O–H groups in total. The van der Waals surface area contributed by atoms with Gasteiger partial charge < -0.3 is 9.39 Å². The van der Waals surface area contributed by atoms with Crippen molar-refractivity contribution in [2.24, 2.45) is 5.16 Å². The van der Waals surface area contributed by atoms with Crippen LogP contribution in [-0.2, 0) is 19.4 Å². The van der Waals surface area contributed by atoms with Crippen LogP contribution >= 0.6 is 0 Å². The second kappa shape index (κ2) is 4.95. The van der Waals surface area contributed by atoms with Gasteiger partial charge in [-0.2, -0.15) is 0 Å². The first-order valence-electron chi connectivity index (χ1n) is 6.74. The van der Waals surface area contributed by atoms with Gasteiger partial charge in [-0.05, 0) is 5.56 Å². The molecule has 108 valence electrons. The highest BCUT2D eigenvalue weighted by molar-refractivity contribution is 7.94. The van der Waals surface area contributed by atoms with Gasteiger partial charge in [-0.1, -0.05) is 39.7 Å². The van der Waals surface area contributed by atoms with Crippen LogP contribution < -0.4 is 0 Å². The number of oxime groups is 1. The van der Waals surface area contributed by atoms with E-state index in [1.807, 2.05) is 30.3 Å². The molecule has 0 aromatic heterocycles. The zero-order valence-corrected chi connectivity index (χ0v) is 12.3. The molecule has 5 nitrogen and oxygen atoms in total. The summed E-state index contributed by atoms with van der Waals surface area (Å²) in [6.07, 6.45) is 3.40. The van der Waals surface area contributed by atoms with E-state index in [0.717, 1.165) is 17.7 Å². The molecule has 1 spiro atoms. The summed E-state index contributed by atoms with van der Waals surface area (Å²) in [5.41, 5.74) is 1.72. The fraction of sp³-hybridized carbons (Fsp3) is 0.500. The molecule has 0 bridgehead atoms. The topological polar surface area (TPSA) is 65.0 Å². The maximum atomic E-state index is 11.5. The highest BCUT2D eigenvalue weighted by Crippen LogP contribution is 2.36. The molecular weight excluding hydrogens is 276 g/mol. The maximum absolute atomic E-state index is 11.5. The van der Waals surface area contributed by atoms with Crippen LogP contribution in [0.3, 0.4) is 0 Å². The monoisotopic (exact) mass is 294 g/mol. The molecule has 3 rings (SSSR count). The zero-order valence-electron chi connectivity index (χ0n) is 11.4. The van der Waals surface area contributed by atoms with Crippen LogP contribution in [0.4, 0.5) is 0 Å². The van der Waals surface area contributed by atoms with Crippen molar-refractivity contribution >= 4 is 16.1 Å². The van der Waals surface area contributed by atoms with E-state index in [2.05, 4.69) is 5.16 Å². The average molecular weight is 294 g/mol. The van der Waals surface area contributed by atoms with E-state index in [1.54, 1.807) is 0 Å². The SMILES string of the molecule is C[S+](=O)([O-])N1CCC2(CC1)CC(c1ccccc1)=NO2. The Hall–Kier alpha value is -1.24. The van der Waals surface area contributed by atoms with Crippen LogP contribution in [0.2, 0.25) is 0 Å². The van der Waals surface area contributed by atoms with Crippen molar-refractivity contribution in [3.8, 4) is 0 Å². The van der Waals surface area contributed by atoms with Crippen LogP contribution in [0, 0.1) is 0 Å². The summed E-state index contributed by atoms with van der Waals surface area (Å²) in [4.78, 5) is 5.68. The van der Waals surface area contributed by atoms with Crippen LogP contribution in [-0.4, -0.2) is 39.5 Å². The minimum Gasteiger partial charge on any atom is -0.598 e. The second-order valence-corrected chi connectivity index (χ2v) is 7.50. The third-order valence-corrected chi connectivity index (χ3v) is 5.35. The molecule has 0 saturated carbocycles. The fourth-order valence-corrected chi connectivity index (χ4v) is 3.65. The number of rotatable bonds is 2. The average Bonchev–Trinajstić information content (AvgIpc) is 2.83. The smallest absolute Gasteiger partial charge is 0.146 e. The summed E-state index contributed by atoms with van der Waals surface area (Å²) in [7, 11) is -3.10. The number of benzene rings is 1. The van der Waals surface area contributed by atoms with E-state index in [1.165, 1.54) is 10.6 Å². The highest BCUT2D eigenvalue weighted by atomic mass is 32.3. The number of nitrogens with zero attached hydrogens (tertiary/aromatic N) is 2. The molecule has 1 aromatic carbocycles. The maximum Gasteiger partial charge on any atom is 0.146 e. The Kier molecular flexibility index (Phi) is 3.40. The molecule has 2 heterocycles. The minimum atomic E-state index is -3.10. The van der Waals surface area contributed by atoms with Crippen LogP contribution in [0.25, 0.3) is 0 Å². The van der Waals surface area contributed by atoms with Gasteiger partial charge in [0.15, 0.2) is 0 Å². The molecule has 20 heavy (non-hydrogen) atoms. The zero-order chi connectivity index (χ0) is 14.2. The molecule has 1 saturated heterocycles. The Morgan fingerprint density at radius 3 is 2.55 bits per heavy atom. The molecule has 1 aromatic rings. The van der Waals surface area contributed by atoms with Gasteiger partial charge in [0.1, 0.15) is 22.3 Å². The predicted octanol–water partition coefficient (Wildman–Crippen LogP) is 1.82. The summed E-state index contributed by atoms with van der Waals surface area (Å²) in [6, 6.07) is 9.98. The Balaban J connectivity index is 1.67. The summed E-state index contributed by atoms with van der Waals surface area (Å²) >= 11 is 0. The third kappa shape index (κ3) is 2.63. The number of piperidine rings is 1. The molecule has 6 heteroatoms. The van der Waals surface area contributed by atoms with Gasteiger partial charge in [-0.15, -0.1) is 4.31 Å². The summed E-state index contributed by atoms with van der Waals surface area (Å²) in [5, 5.41) is 4.22. The summed E-state index contributed by atoms with van der Waals surface area (Å²) in [5.74, 6) is 0. The lowest BCUT2D eigenvalue weighted by atomic mass is 9.86. The van der Waals surface area contributed by atoms with Gasteiger partial charge in [-0.3, -0.25) is 0 Å². The minimum absolute atomic E-state index is 0.313. The number of sulfonamides is 1. The van der Waals surface area contributed by atoms with Gasteiger partial charge in [-0.25, -0.2) is 0 Å². The Morgan fingerprint density at radius 2 is 1.95 bits per heavy atom. The van der Waals surface area contributed by atoms with Gasteiger partial charge in [0, 0.05) is 32.4 Å². The standard InChI is InChI=1S/C14H18N2O3S/c1-20(17,18)16-9-7-14(8-10-16)11-13(15-19-14)12-5-3-2-4-6-12/h2-6H,7-11H2,1H3. The van der Waals surface area contributed by atoms with Crippen molar-refractivity contribution in [2.45, 2.75) is 24.9 Å². The fourth-order valence-electron chi connectivity index (χ4n) is 2.80. The van der Waals surface area contributed by atoms with Crippen LogP contribution in [0.15, 0.2) is 35.5 Å². The molecule has 0 radical (unpaired) electrons. The first-order valence-corrected chi connectivity index (χ1v) is 8.59. The molecule has 1 fully saturated rings. The Bertz CT molecular complexity index is 559. The van der Waals surface area contributed by atoms with E-state index in [-0.39, 0.29) is 5.60 Å². The van der Waals surface area contributed by atoms with Crippen LogP contribution in [0.5, 0.6) is 0 Å². The number of hydrogen-bond acceptors (Lipinski definition) is 4. The molecule has 1 atom stereocenters. The molecular formula is C14H18N2O3S.